The molecule has 0 atom stereocenters. The Hall–Kier alpha value is -1.77. The highest BCUT2D eigenvalue weighted by Gasteiger charge is 2.14. The fourth-order valence-corrected chi connectivity index (χ4v) is 3.78. The molecule has 0 spiro atoms. The summed E-state index contributed by atoms with van der Waals surface area (Å²) in [6.45, 7) is 0.0620. The van der Waals surface area contributed by atoms with Gasteiger partial charge in [-0.05, 0) is 17.5 Å². The molecule has 0 aliphatic carbocycles. The number of halogens is 1. The van der Waals surface area contributed by atoms with Gasteiger partial charge in [0.1, 0.15) is 10.0 Å². The zero-order chi connectivity index (χ0) is 16.0. The first kappa shape index (κ1) is 16.6. The maximum atomic E-state index is 13.4. The first-order valence-corrected chi connectivity index (χ1v) is 8.88. The van der Waals surface area contributed by atoms with Gasteiger partial charge >= 0.3 is 0 Å². The van der Waals surface area contributed by atoms with Gasteiger partial charge < -0.3 is 5.32 Å². The molecule has 0 fully saturated rings. The summed E-state index contributed by atoms with van der Waals surface area (Å²) in [5, 5.41) is 4.21. The van der Waals surface area contributed by atoms with E-state index in [1.807, 2.05) is 0 Å². The predicted molar refractivity (Wildman–Crippen MR) is 82.4 cm³/mol. The molecule has 0 bridgehead atoms. The molecule has 118 valence electrons. The van der Waals surface area contributed by atoms with Gasteiger partial charge in [-0.2, -0.15) is 0 Å². The maximum absolute atomic E-state index is 13.4. The molecule has 0 aliphatic rings. The molecule has 0 unspecified atom stereocenters. The third-order valence-electron chi connectivity index (χ3n) is 2.84. The molecule has 2 N–H and O–H groups in total. The van der Waals surface area contributed by atoms with Gasteiger partial charge in [-0.1, -0.05) is 24.3 Å². The third-order valence-corrected chi connectivity index (χ3v) is 5.70. The SMILES string of the molecule is O=C(CCNS(=O)(=O)c1cccs1)NCc1ccccc1F. The van der Waals surface area contributed by atoms with Crippen LogP contribution < -0.4 is 10.0 Å². The van der Waals surface area contributed by atoms with Crippen molar-refractivity contribution in [1.29, 1.82) is 0 Å². The molecule has 0 radical (unpaired) electrons. The van der Waals surface area contributed by atoms with E-state index in [0.717, 1.165) is 11.3 Å². The molecule has 1 amide bonds. The number of carbonyl (C=O) groups excluding carboxylic acids is 1. The quantitative estimate of drug-likeness (QED) is 0.807. The number of rotatable bonds is 7. The minimum atomic E-state index is -3.56. The fourth-order valence-electron chi connectivity index (χ4n) is 1.71. The number of nitrogens with one attached hydrogen (secondary N) is 2. The van der Waals surface area contributed by atoms with E-state index in [9.17, 15) is 17.6 Å². The molecule has 0 saturated heterocycles. The van der Waals surface area contributed by atoms with Crippen LogP contribution in [-0.2, 0) is 21.4 Å². The predicted octanol–water partition coefficient (Wildman–Crippen LogP) is 1.87. The van der Waals surface area contributed by atoms with E-state index < -0.39 is 10.0 Å². The molecule has 5 nitrogen and oxygen atoms in total. The highest BCUT2D eigenvalue weighted by atomic mass is 32.2. The van der Waals surface area contributed by atoms with Crippen LogP contribution in [0.4, 0.5) is 4.39 Å². The number of sulfonamides is 1. The highest BCUT2D eigenvalue weighted by molar-refractivity contribution is 7.91. The highest BCUT2D eigenvalue weighted by Crippen LogP contribution is 2.14. The Labute approximate surface area is 132 Å². The number of benzene rings is 1. The van der Waals surface area contributed by atoms with Crippen molar-refractivity contribution in [2.45, 2.75) is 17.2 Å². The van der Waals surface area contributed by atoms with Crippen LogP contribution in [0.1, 0.15) is 12.0 Å². The van der Waals surface area contributed by atoms with Gasteiger partial charge in [-0.15, -0.1) is 11.3 Å². The van der Waals surface area contributed by atoms with Crippen molar-refractivity contribution in [2.75, 3.05) is 6.54 Å². The Morgan fingerprint density at radius 3 is 2.64 bits per heavy atom. The Morgan fingerprint density at radius 1 is 1.18 bits per heavy atom. The van der Waals surface area contributed by atoms with Gasteiger partial charge in [0.15, 0.2) is 0 Å². The molecule has 0 saturated carbocycles. The summed E-state index contributed by atoms with van der Waals surface area (Å²) in [7, 11) is -3.56. The van der Waals surface area contributed by atoms with Crippen LogP contribution in [0, 0.1) is 5.82 Å². The molecule has 2 rings (SSSR count). The van der Waals surface area contributed by atoms with Crippen LogP contribution in [0.2, 0.25) is 0 Å². The molecule has 2 aromatic rings. The monoisotopic (exact) mass is 342 g/mol. The molecule has 1 aromatic carbocycles. The van der Waals surface area contributed by atoms with Crippen LogP contribution in [0.15, 0.2) is 46.0 Å². The molecular formula is C14H15FN2O3S2. The summed E-state index contributed by atoms with van der Waals surface area (Å²) in [6.07, 6.45) is -0.0148. The lowest BCUT2D eigenvalue weighted by Crippen LogP contribution is -2.30. The Morgan fingerprint density at radius 2 is 1.95 bits per heavy atom. The number of hydrogen-bond donors (Lipinski definition) is 2. The summed E-state index contributed by atoms with van der Waals surface area (Å²) in [5.41, 5.74) is 0.384. The Bertz CT molecular complexity index is 730. The van der Waals surface area contributed by atoms with E-state index in [-0.39, 0.29) is 35.4 Å². The summed E-state index contributed by atoms with van der Waals surface area (Å²) >= 11 is 1.11. The van der Waals surface area contributed by atoms with Gasteiger partial charge in [0.25, 0.3) is 0 Å². The molecule has 8 heteroatoms. The topological polar surface area (TPSA) is 75.3 Å². The summed E-state index contributed by atoms with van der Waals surface area (Å²) in [6, 6.07) is 9.27. The molecule has 0 aliphatic heterocycles. The normalized spacial score (nSPS) is 11.3. The first-order chi connectivity index (χ1) is 10.5. The van der Waals surface area contributed by atoms with Crippen molar-refractivity contribution in [3.05, 3.63) is 53.2 Å². The Kier molecular flexibility index (Phi) is 5.64. The lowest BCUT2D eigenvalue weighted by Gasteiger charge is -2.07. The Balaban J connectivity index is 1.76. The lowest BCUT2D eigenvalue weighted by atomic mass is 10.2. The fraction of sp³-hybridized carbons (Fsp3) is 0.214. The number of hydrogen-bond acceptors (Lipinski definition) is 4. The van der Waals surface area contributed by atoms with E-state index in [2.05, 4.69) is 10.0 Å². The zero-order valence-corrected chi connectivity index (χ0v) is 13.2. The second-order valence-corrected chi connectivity index (χ2v) is 7.39. The van der Waals surface area contributed by atoms with Gasteiger partial charge in [0.05, 0.1) is 0 Å². The van der Waals surface area contributed by atoms with Crippen LogP contribution in [0.5, 0.6) is 0 Å². The van der Waals surface area contributed by atoms with E-state index in [1.54, 1.807) is 29.6 Å². The molecule has 22 heavy (non-hydrogen) atoms. The van der Waals surface area contributed by atoms with Crippen molar-refractivity contribution in [3.63, 3.8) is 0 Å². The average Bonchev–Trinajstić information content (AvgIpc) is 3.01. The van der Waals surface area contributed by atoms with Gasteiger partial charge in [0.2, 0.25) is 15.9 Å². The number of amides is 1. The van der Waals surface area contributed by atoms with Crippen molar-refractivity contribution in [2.24, 2.45) is 0 Å². The molecular weight excluding hydrogens is 327 g/mol. The maximum Gasteiger partial charge on any atom is 0.250 e. The standard InChI is InChI=1S/C14H15FN2O3S2/c15-12-5-2-1-4-11(12)10-16-13(18)7-8-17-22(19,20)14-6-3-9-21-14/h1-6,9,17H,7-8,10H2,(H,16,18). The average molecular weight is 342 g/mol. The van der Waals surface area contributed by atoms with Crippen molar-refractivity contribution in [3.8, 4) is 0 Å². The van der Waals surface area contributed by atoms with E-state index in [1.165, 1.54) is 12.1 Å². The third kappa shape index (κ3) is 4.62. The molecule has 1 heterocycles. The largest absolute Gasteiger partial charge is 0.352 e. The summed E-state index contributed by atoms with van der Waals surface area (Å²) in [5.74, 6) is -0.738. The summed E-state index contributed by atoms with van der Waals surface area (Å²) in [4.78, 5) is 11.6. The van der Waals surface area contributed by atoms with E-state index >= 15 is 0 Å². The second-order valence-electron chi connectivity index (χ2n) is 4.45. The lowest BCUT2D eigenvalue weighted by molar-refractivity contribution is -0.121. The smallest absolute Gasteiger partial charge is 0.250 e. The minimum Gasteiger partial charge on any atom is -0.352 e. The van der Waals surface area contributed by atoms with Gasteiger partial charge in [0, 0.05) is 25.1 Å². The number of carbonyl (C=O) groups is 1. The van der Waals surface area contributed by atoms with Crippen molar-refractivity contribution in [1.82, 2.24) is 10.0 Å². The van der Waals surface area contributed by atoms with E-state index in [0.29, 0.717) is 5.56 Å². The molecule has 1 aromatic heterocycles. The summed E-state index contributed by atoms with van der Waals surface area (Å²) < 4.78 is 39.6. The van der Waals surface area contributed by atoms with Gasteiger partial charge in [-0.3, -0.25) is 4.79 Å². The zero-order valence-electron chi connectivity index (χ0n) is 11.6. The van der Waals surface area contributed by atoms with Crippen molar-refractivity contribution < 1.29 is 17.6 Å². The first-order valence-electron chi connectivity index (χ1n) is 6.52. The van der Waals surface area contributed by atoms with Crippen LogP contribution >= 0.6 is 11.3 Å². The van der Waals surface area contributed by atoms with Crippen LogP contribution in [0.3, 0.4) is 0 Å². The van der Waals surface area contributed by atoms with Gasteiger partial charge in [-0.25, -0.2) is 17.5 Å². The number of thiophene rings is 1. The minimum absolute atomic E-state index is 0.0106. The van der Waals surface area contributed by atoms with Crippen LogP contribution in [-0.4, -0.2) is 20.9 Å². The van der Waals surface area contributed by atoms with E-state index in [4.69, 9.17) is 0 Å². The van der Waals surface area contributed by atoms with Crippen LogP contribution in [0.25, 0.3) is 0 Å². The second kappa shape index (κ2) is 7.48. The van der Waals surface area contributed by atoms with Crippen molar-refractivity contribution >= 4 is 27.3 Å².